The number of hydrogen-bond acceptors (Lipinski definition) is 2. The third-order valence-corrected chi connectivity index (χ3v) is 1.64. The second kappa shape index (κ2) is 2.75. The van der Waals surface area contributed by atoms with Gasteiger partial charge in [0, 0.05) is 6.54 Å². The van der Waals surface area contributed by atoms with Crippen molar-refractivity contribution in [2.24, 2.45) is 0 Å². The van der Waals surface area contributed by atoms with Gasteiger partial charge < -0.3 is 0 Å². The Hall–Kier alpha value is -1.30. The van der Waals surface area contributed by atoms with Gasteiger partial charge in [-0.2, -0.15) is 10.4 Å². The summed E-state index contributed by atoms with van der Waals surface area (Å²) in [5, 5.41) is 12.8. The van der Waals surface area contributed by atoms with Crippen LogP contribution in [-0.2, 0) is 6.54 Å². The molecule has 0 aliphatic rings. The van der Waals surface area contributed by atoms with Crippen molar-refractivity contribution in [3.8, 4) is 6.07 Å². The third-order valence-electron chi connectivity index (χ3n) is 1.64. The van der Waals surface area contributed by atoms with E-state index >= 15 is 0 Å². The largest absolute Gasteiger partial charge is 0.268 e. The molecule has 3 nitrogen and oxygen atoms in total. The van der Waals surface area contributed by atoms with Crippen LogP contribution in [0.25, 0.3) is 0 Å². The SMILES string of the molecule is [CH2]c1c(C#N)c(C)nn1CC. The Balaban J connectivity index is 3.28. The summed E-state index contributed by atoms with van der Waals surface area (Å²) < 4.78 is 1.73. The summed E-state index contributed by atoms with van der Waals surface area (Å²) in [7, 11) is 0. The van der Waals surface area contributed by atoms with E-state index in [1.807, 2.05) is 13.8 Å². The number of nitriles is 1. The molecule has 0 saturated heterocycles. The molecule has 1 aromatic heterocycles. The topological polar surface area (TPSA) is 41.6 Å². The van der Waals surface area contributed by atoms with Crippen molar-refractivity contribution in [2.45, 2.75) is 20.4 Å². The summed E-state index contributed by atoms with van der Waals surface area (Å²) in [6.45, 7) is 8.32. The zero-order valence-corrected chi connectivity index (χ0v) is 6.76. The maximum Gasteiger partial charge on any atom is 0.103 e. The smallest absolute Gasteiger partial charge is 0.103 e. The van der Waals surface area contributed by atoms with Crippen molar-refractivity contribution in [3.05, 3.63) is 23.9 Å². The monoisotopic (exact) mass is 148 g/mol. The highest BCUT2D eigenvalue weighted by Crippen LogP contribution is 2.10. The van der Waals surface area contributed by atoms with E-state index < -0.39 is 0 Å². The molecule has 0 aromatic carbocycles. The molecule has 0 saturated carbocycles. The van der Waals surface area contributed by atoms with Gasteiger partial charge in [0.15, 0.2) is 0 Å². The van der Waals surface area contributed by atoms with Gasteiger partial charge in [-0.1, -0.05) is 0 Å². The first-order valence-corrected chi connectivity index (χ1v) is 3.50. The second-order valence-electron chi connectivity index (χ2n) is 2.33. The summed E-state index contributed by atoms with van der Waals surface area (Å²) in [6, 6.07) is 2.07. The van der Waals surface area contributed by atoms with Gasteiger partial charge in [-0.3, -0.25) is 4.68 Å². The molecule has 1 heterocycles. The van der Waals surface area contributed by atoms with Gasteiger partial charge in [-0.05, 0) is 20.8 Å². The molecule has 0 aliphatic carbocycles. The molecule has 1 radical (unpaired) electrons. The highest BCUT2D eigenvalue weighted by atomic mass is 15.3. The van der Waals surface area contributed by atoms with Gasteiger partial charge in [-0.15, -0.1) is 0 Å². The number of nitrogens with zero attached hydrogens (tertiary/aromatic N) is 3. The summed E-state index contributed by atoms with van der Waals surface area (Å²) >= 11 is 0. The van der Waals surface area contributed by atoms with Crippen LogP contribution in [0.5, 0.6) is 0 Å². The molecule has 3 heteroatoms. The lowest BCUT2D eigenvalue weighted by atomic mass is 10.2. The number of hydrogen-bond donors (Lipinski definition) is 0. The van der Waals surface area contributed by atoms with Gasteiger partial charge in [0.25, 0.3) is 0 Å². The van der Waals surface area contributed by atoms with E-state index in [2.05, 4.69) is 18.1 Å². The summed E-state index contributed by atoms with van der Waals surface area (Å²) in [5.41, 5.74) is 2.08. The molecule has 0 bridgehead atoms. The van der Waals surface area contributed by atoms with Gasteiger partial charge in [0.1, 0.15) is 6.07 Å². The molecule has 1 rings (SSSR count). The van der Waals surface area contributed by atoms with Crippen LogP contribution < -0.4 is 0 Å². The molecular weight excluding hydrogens is 138 g/mol. The second-order valence-corrected chi connectivity index (χ2v) is 2.33. The average Bonchev–Trinajstić information content (AvgIpc) is 2.26. The maximum absolute atomic E-state index is 8.66. The lowest BCUT2D eigenvalue weighted by molar-refractivity contribution is 0.643. The van der Waals surface area contributed by atoms with Gasteiger partial charge in [0.2, 0.25) is 0 Å². The minimum atomic E-state index is 0.604. The van der Waals surface area contributed by atoms with E-state index in [0.29, 0.717) is 11.3 Å². The Kier molecular flexibility index (Phi) is 1.95. The van der Waals surface area contributed by atoms with Gasteiger partial charge in [-0.25, -0.2) is 0 Å². The summed E-state index contributed by atoms with van der Waals surface area (Å²) in [4.78, 5) is 0. The molecule has 0 N–H and O–H groups in total. The predicted octanol–water partition coefficient (Wildman–Crippen LogP) is 1.27. The van der Waals surface area contributed by atoms with E-state index in [4.69, 9.17) is 5.26 Å². The van der Waals surface area contributed by atoms with E-state index in [1.165, 1.54) is 0 Å². The minimum Gasteiger partial charge on any atom is -0.268 e. The van der Waals surface area contributed by atoms with E-state index in [9.17, 15) is 0 Å². The minimum absolute atomic E-state index is 0.604. The normalized spacial score (nSPS) is 9.64. The highest BCUT2D eigenvalue weighted by molar-refractivity contribution is 5.38. The standard InChI is InChI=1S/C8H10N3/c1-4-11-7(3)8(5-9)6(2)10-11/h3-4H2,1-2H3. The first kappa shape index (κ1) is 7.80. The average molecular weight is 148 g/mol. The van der Waals surface area contributed by atoms with Crippen molar-refractivity contribution in [3.63, 3.8) is 0 Å². The Morgan fingerprint density at radius 3 is 2.64 bits per heavy atom. The predicted molar refractivity (Wildman–Crippen MR) is 41.8 cm³/mol. The summed E-state index contributed by atoms with van der Waals surface area (Å²) in [5.74, 6) is 0. The quantitative estimate of drug-likeness (QED) is 0.601. The Labute approximate surface area is 66.3 Å². The van der Waals surface area contributed by atoms with E-state index in [-0.39, 0.29) is 0 Å². The molecular formula is C8H10N3. The molecule has 11 heavy (non-hydrogen) atoms. The lowest BCUT2D eigenvalue weighted by Gasteiger charge is -1.95. The van der Waals surface area contributed by atoms with Crippen molar-refractivity contribution in [2.75, 3.05) is 0 Å². The van der Waals surface area contributed by atoms with E-state index in [1.54, 1.807) is 4.68 Å². The van der Waals surface area contributed by atoms with Crippen LogP contribution in [0.4, 0.5) is 0 Å². The Morgan fingerprint density at radius 2 is 2.36 bits per heavy atom. The Bertz CT molecular complexity index is 304. The molecule has 0 spiro atoms. The van der Waals surface area contributed by atoms with Crippen LogP contribution in [0, 0.1) is 25.2 Å². The molecule has 1 aromatic rings. The lowest BCUT2D eigenvalue weighted by Crippen LogP contribution is -1.98. The molecule has 0 aliphatic heterocycles. The molecule has 0 amide bonds. The van der Waals surface area contributed by atoms with Crippen molar-refractivity contribution in [1.29, 1.82) is 5.26 Å². The fourth-order valence-electron chi connectivity index (χ4n) is 1.04. The Morgan fingerprint density at radius 1 is 1.73 bits per heavy atom. The third kappa shape index (κ3) is 1.12. The number of aromatic nitrogens is 2. The first-order valence-electron chi connectivity index (χ1n) is 3.50. The zero-order valence-electron chi connectivity index (χ0n) is 6.76. The van der Waals surface area contributed by atoms with Crippen LogP contribution in [0.15, 0.2) is 0 Å². The number of aryl methyl sites for hydroxylation is 2. The first-order chi connectivity index (χ1) is 5.20. The fraction of sp³-hybridized carbons (Fsp3) is 0.375. The molecule has 57 valence electrons. The van der Waals surface area contributed by atoms with Crippen molar-refractivity contribution in [1.82, 2.24) is 9.78 Å². The zero-order chi connectivity index (χ0) is 8.43. The summed E-state index contributed by atoms with van der Waals surface area (Å²) in [6.07, 6.45) is 0. The molecule has 0 unspecified atom stereocenters. The van der Waals surface area contributed by atoms with Gasteiger partial charge >= 0.3 is 0 Å². The van der Waals surface area contributed by atoms with Crippen LogP contribution in [0.1, 0.15) is 23.9 Å². The molecule has 0 fully saturated rings. The van der Waals surface area contributed by atoms with Crippen LogP contribution in [0.2, 0.25) is 0 Å². The van der Waals surface area contributed by atoms with Crippen LogP contribution in [0.3, 0.4) is 0 Å². The van der Waals surface area contributed by atoms with Crippen molar-refractivity contribution < 1.29 is 0 Å². The highest BCUT2D eigenvalue weighted by Gasteiger charge is 2.08. The maximum atomic E-state index is 8.66. The fourth-order valence-corrected chi connectivity index (χ4v) is 1.04. The number of rotatable bonds is 1. The van der Waals surface area contributed by atoms with E-state index in [0.717, 1.165) is 12.2 Å². The van der Waals surface area contributed by atoms with Crippen molar-refractivity contribution >= 4 is 0 Å². The molecule has 0 atom stereocenters. The van der Waals surface area contributed by atoms with Gasteiger partial charge in [0.05, 0.1) is 17.0 Å². The van der Waals surface area contributed by atoms with Crippen LogP contribution in [-0.4, -0.2) is 9.78 Å². The van der Waals surface area contributed by atoms with Crippen LogP contribution >= 0.6 is 0 Å².